The van der Waals surface area contributed by atoms with Crippen LogP contribution in [0, 0.1) is 23.0 Å². The third-order valence-corrected chi connectivity index (χ3v) is 3.88. The zero-order valence-electron chi connectivity index (χ0n) is 11.8. The highest BCUT2D eigenvalue weighted by molar-refractivity contribution is 6.31. The lowest BCUT2D eigenvalue weighted by atomic mass is 9.96. The Labute approximate surface area is 123 Å². The van der Waals surface area contributed by atoms with Crippen molar-refractivity contribution in [2.24, 2.45) is 5.92 Å². The summed E-state index contributed by atoms with van der Waals surface area (Å²) < 4.78 is 11.2. The van der Waals surface area contributed by atoms with Crippen LogP contribution in [-0.2, 0) is 15.9 Å². The van der Waals surface area contributed by atoms with Crippen molar-refractivity contribution >= 4 is 17.3 Å². The molecule has 0 radical (unpaired) electrons. The maximum Gasteiger partial charge on any atom is 0.271 e. The monoisotopic (exact) mass is 299 g/mol. The Kier molecular flexibility index (Phi) is 4.32. The zero-order valence-corrected chi connectivity index (χ0v) is 12.6. The maximum absolute atomic E-state index is 10.9. The van der Waals surface area contributed by atoms with Crippen LogP contribution < -0.4 is 0 Å². The molecular weight excluding hydrogens is 282 g/mol. The van der Waals surface area contributed by atoms with Gasteiger partial charge in [0.2, 0.25) is 0 Å². The van der Waals surface area contributed by atoms with Gasteiger partial charge in [-0.15, -0.1) is 0 Å². The van der Waals surface area contributed by atoms with Crippen LogP contribution in [0.2, 0.25) is 5.02 Å². The molecule has 1 saturated heterocycles. The average Bonchev–Trinajstić information content (AvgIpc) is 2.36. The molecule has 0 aliphatic carbocycles. The van der Waals surface area contributed by atoms with Crippen molar-refractivity contribution in [2.45, 2.75) is 33.0 Å². The number of hydrogen-bond donors (Lipinski definition) is 0. The van der Waals surface area contributed by atoms with Crippen LogP contribution in [0.1, 0.15) is 25.0 Å². The van der Waals surface area contributed by atoms with Gasteiger partial charge < -0.3 is 9.47 Å². The SMILES string of the molecule is Cc1c(Cl)cc([N+](=O)[O-])cc1CC1COC(C)(C)OC1. The fraction of sp³-hybridized carbons (Fsp3) is 0.571. The van der Waals surface area contributed by atoms with Crippen molar-refractivity contribution < 1.29 is 14.4 Å². The molecular formula is C14H18ClNO4. The minimum Gasteiger partial charge on any atom is -0.350 e. The molecule has 0 N–H and O–H groups in total. The minimum absolute atomic E-state index is 0.0218. The first-order chi connectivity index (χ1) is 9.28. The highest BCUT2D eigenvalue weighted by atomic mass is 35.5. The molecule has 1 aliphatic rings. The van der Waals surface area contributed by atoms with Gasteiger partial charge in [-0.3, -0.25) is 10.1 Å². The summed E-state index contributed by atoms with van der Waals surface area (Å²) in [4.78, 5) is 10.5. The Bertz CT molecular complexity index is 520. The molecule has 5 nitrogen and oxygen atoms in total. The summed E-state index contributed by atoms with van der Waals surface area (Å²) in [6.45, 7) is 6.77. The Morgan fingerprint density at radius 3 is 2.55 bits per heavy atom. The van der Waals surface area contributed by atoms with Gasteiger partial charge >= 0.3 is 0 Å². The van der Waals surface area contributed by atoms with Crippen LogP contribution in [0.5, 0.6) is 0 Å². The first-order valence-corrected chi connectivity index (χ1v) is 6.87. The summed E-state index contributed by atoms with van der Waals surface area (Å²) in [6.07, 6.45) is 0.656. The number of non-ortho nitro benzene ring substituents is 1. The quantitative estimate of drug-likeness (QED) is 0.633. The van der Waals surface area contributed by atoms with Gasteiger partial charge in [-0.2, -0.15) is 0 Å². The number of benzene rings is 1. The fourth-order valence-electron chi connectivity index (χ4n) is 2.19. The van der Waals surface area contributed by atoms with E-state index in [2.05, 4.69) is 0 Å². The van der Waals surface area contributed by atoms with Crippen LogP contribution in [0.4, 0.5) is 5.69 Å². The highest BCUT2D eigenvalue weighted by Crippen LogP contribution is 2.29. The van der Waals surface area contributed by atoms with Crippen molar-refractivity contribution in [3.05, 3.63) is 38.4 Å². The van der Waals surface area contributed by atoms with E-state index in [1.54, 1.807) is 6.07 Å². The number of halogens is 1. The average molecular weight is 300 g/mol. The second-order valence-electron chi connectivity index (χ2n) is 5.56. The van der Waals surface area contributed by atoms with Gasteiger partial charge in [-0.1, -0.05) is 11.6 Å². The molecule has 0 saturated carbocycles. The molecule has 1 heterocycles. The number of ether oxygens (including phenoxy) is 2. The summed E-state index contributed by atoms with van der Waals surface area (Å²) in [7, 11) is 0. The number of nitrogens with zero attached hydrogens (tertiary/aromatic N) is 1. The number of rotatable bonds is 3. The van der Waals surface area contributed by atoms with Crippen molar-refractivity contribution in [1.82, 2.24) is 0 Å². The summed E-state index contributed by atoms with van der Waals surface area (Å²) in [6, 6.07) is 2.97. The molecule has 1 fully saturated rings. The third-order valence-electron chi connectivity index (χ3n) is 3.49. The van der Waals surface area contributed by atoms with E-state index in [4.69, 9.17) is 21.1 Å². The van der Waals surface area contributed by atoms with Crippen LogP contribution >= 0.6 is 11.6 Å². The lowest BCUT2D eigenvalue weighted by molar-refractivity contribution is -0.384. The lowest BCUT2D eigenvalue weighted by Crippen LogP contribution is -2.40. The largest absolute Gasteiger partial charge is 0.350 e. The molecule has 6 heteroatoms. The van der Waals surface area contributed by atoms with Crippen LogP contribution in [-0.4, -0.2) is 23.9 Å². The predicted octanol–water partition coefficient (Wildman–Crippen LogP) is 3.50. The Morgan fingerprint density at radius 1 is 1.40 bits per heavy atom. The maximum atomic E-state index is 10.9. The fourth-order valence-corrected chi connectivity index (χ4v) is 2.43. The summed E-state index contributed by atoms with van der Waals surface area (Å²) in [5.74, 6) is -0.369. The van der Waals surface area contributed by atoms with Crippen molar-refractivity contribution in [1.29, 1.82) is 0 Å². The van der Waals surface area contributed by atoms with E-state index in [0.717, 1.165) is 11.1 Å². The predicted molar refractivity (Wildman–Crippen MR) is 76.0 cm³/mol. The molecule has 2 rings (SSSR count). The molecule has 0 amide bonds. The molecule has 0 aromatic heterocycles. The van der Waals surface area contributed by atoms with Crippen molar-refractivity contribution in [3.8, 4) is 0 Å². The van der Waals surface area contributed by atoms with E-state index in [1.165, 1.54) is 6.07 Å². The van der Waals surface area contributed by atoms with E-state index in [0.29, 0.717) is 24.7 Å². The molecule has 20 heavy (non-hydrogen) atoms. The molecule has 1 aliphatic heterocycles. The second-order valence-corrected chi connectivity index (χ2v) is 5.97. The van der Waals surface area contributed by atoms with Crippen molar-refractivity contribution in [3.63, 3.8) is 0 Å². The van der Waals surface area contributed by atoms with Gasteiger partial charge in [0.1, 0.15) is 0 Å². The highest BCUT2D eigenvalue weighted by Gasteiger charge is 2.29. The summed E-state index contributed by atoms with van der Waals surface area (Å²) in [5, 5.41) is 11.3. The Hall–Kier alpha value is -1.17. The van der Waals surface area contributed by atoms with Gasteiger partial charge in [0.05, 0.1) is 23.2 Å². The Balaban J connectivity index is 2.15. The van der Waals surface area contributed by atoms with Crippen molar-refractivity contribution in [2.75, 3.05) is 13.2 Å². The molecule has 110 valence electrons. The molecule has 0 unspecified atom stereocenters. The van der Waals surface area contributed by atoms with E-state index < -0.39 is 10.7 Å². The van der Waals surface area contributed by atoms with Gasteiger partial charge in [0, 0.05) is 18.1 Å². The van der Waals surface area contributed by atoms with Gasteiger partial charge in [-0.25, -0.2) is 0 Å². The van der Waals surface area contributed by atoms with E-state index in [9.17, 15) is 10.1 Å². The molecule has 0 spiro atoms. The standard InChI is InChI=1S/C14H18ClNO4/c1-9-11(5-12(16(17)18)6-13(9)15)4-10-7-19-14(2,3)20-8-10/h5-6,10H,4,7-8H2,1-3H3. The first-order valence-electron chi connectivity index (χ1n) is 6.50. The van der Waals surface area contributed by atoms with E-state index in [-0.39, 0.29) is 11.6 Å². The number of nitro groups is 1. The van der Waals surface area contributed by atoms with Crippen LogP contribution in [0.15, 0.2) is 12.1 Å². The topological polar surface area (TPSA) is 61.6 Å². The van der Waals surface area contributed by atoms with Crippen LogP contribution in [0.25, 0.3) is 0 Å². The smallest absolute Gasteiger partial charge is 0.271 e. The summed E-state index contributed by atoms with van der Waals surface area (Å²) in [5.41, 5.74) is 1.77. The van der Waals surface area contributed by atoms with E-state index >= 15 is 0 Å². The van der Waals surface area contributed by atoms with Crippen LogP contribution in [0.3, 0.4) is 0 Å². The summed E-state index contributed by atoms with van der Waals surface area (Å²) >= 11 is 6.06. The Morgan fingerprint density at radius 2 is 2.00 bits per heavy atom. The third kappa shape index (κ3) is 3.48. The number of nitro benzene ring substituents is 1. The lowest BCUT2D eigenvalue weighted by Gasteiger charge is -2.35. The second kappa shape index (κ2) is 5.68. The van der Waals surface area contributed by atoms with E-state index in [1.807, 2.05) is 20.8 Å². The molecule has 0 bridgehead atoms. The van der Waals surface area contributed by atoms with Gasteiger partial charge in [-0.05, 0) is 38.3 Å². The normalized spacial score (nSPS) is 19.0. The molecule has 0 atom stereocenters. The molecule has 1 aromatic rings. The van der Waals surface area contributed by atoms with Gasteiger partial charge in [0.25, 0.3) is 5.69 Å². The first kappa shape index (κ1) is 15.2. The minimum atomic E-state index is -0.550. The zero-order chi connectivity index (χ0) is 14.9. The number of hydrogen-bond acceptors (Lipinski definition) is 4. The van der Waals surface area contributed by atoms with Gasteiger partial charge in [0.15, 0.2) is 5.79 Å². The molecule has 1 aromatic carbocycles.